The first-order chi connectivity index (χ1) is 15.8. The predicted molar refractivity (Wildman–Crippen MR) is 123 cm³/mol. The highest BCUT2D eigenvalue weighted by molar-refractivity contribution is 6.39. The van der Waals surface area contributed by atoms with Crippen molar-refractivity contribution in [2.24, 2.45) is 0 Å². The number of halogens is 2. The lowest BCUT2D eigenvalue weighted by Gasteiger charge is -2.24. The van der Waals surface area contributed by atoms with Gasteiger partial charge in [-0.1, -0.05) is 41.4 Å². The Morgan fingerprint density at radius 1 is 1.12 bits per heavy atom. The Bertz CT molecular complexity index is 994. The molecular formula is C23H24Cl2N2O6. The third-order valence-corrected chi connectivity index (χ3v) is 6.06. The minimum atomic E-state index is -1.19. The standard InChI is InChI=1S/C23H24Cl2N2O6/c24-17-4-1-5-18(25)21(17)22(30)26-19(23(31)32)11-14-6-8-16(9-7-14)33-13-15-3-2-10-27(15)20(29)12-28/h1,4-9,15,19,28H,2-3,10-13H2,(H,26,30)(H,31,32)/t15-,19-/m0/s1. The van der Waals surface area contributed by atoms with Crippen molar-refractivity contribution in [3.63, 3.8) is 0 Å². The second-order valence-corrected chi connectivity index (χ2v) is 8.48. The van der Waals surface area contributed by atoms with Crippen LogP contribution < -0.4 is 10.1 Å². The number of carboxylic acids is 1. The molecule has 0 saturated carbocycles. The van der Waals surface area contributed by atoms with Crippen LogP contribution in [0.15, 0.2) is 42.5 Å². The quantitative estimate of drug-likeness (QED) is 0.493. The number of aliphatic hydroxyl groups is 1. The van der Waals surface area contributed by atoms with Crippen molar-refractivity contribution >= 4 is 41.0 Å². The first-order valence-electron chi connectivity index (χ1n) is 10.4. The van der Waals surface area contributed by atoms with Gasteiger partial charge in [0.15, 0.2) is 0 Å². The number of benzene rings is 2. The van der Waals surface area contributed by atoms with Gasteiger partial charge in [0, 0.05) is 13.0 Å². The molecule has 1 aliphatic heterocycles. The molecule has 0 aliphatic carbocycles. The number of ether oxygens (including phenoxy) is 1. The third-order valence-electron chi connectivity index (χ3n) is 5.43. The molecule has 0 aromatic heterocycles. The molecule has 0 unspecified atom stereocenters. The molecule has 0 radical (unpaired) electrons. The van der Waals surface area contributed by atoms with E-state index in [0.29, 0.717) is 24.5 Å². The lowest BCUT2D eigenvalue weighted by Crippen LogP contribution is -2.42. The van der Waals surface area contributed by atoms with E-state index >= 15 is 0 Å². The normalized spacial score (nSPS) is 16.3. The second-order valence-electron chi connectivity index (χ2n) is 7.66. The van der Waals surface area contributed by atoms with Crippen molar-refractivity contribution in [3.8, 4) is 5.75 Å². The van der Waals surface area contributed by atoms with E-state index in [0.717, 1.165) is 12.8 Å². The van der Waals surface area contributed by atoms with E-state index in [2.05, 4.69) is 5.32 Å². The van der Waals surface area contributed by atoms with Crippen LogP contribution in [0.1, 0.15) is 28.8 Å². The largest absolute Gasteiger partial charge is 0.491 e. The number of hydrogen-bond donors (Lipinski definition) is 3. The maximum absolute atomic E-state index is 12.5. The molecule has 176 valence electrons. The predicted octanol–water partition coefficient (Wildman–Crippen LogP) is 2.78. The Labute approximate surface area is 201 Å². The van der Waals surface area contributed by atoms with Crippen LogP contribution in [0, 0.1) is 0 Å². The van der Waals surface area contributed by atoms with Gasteiger partial charge in [0.05, 0.1) is 21.7 Å². The Morgan fingerprint density at radius 3 is 2.39 bits per heavy atom. The zero-order valence-corrected chi connectivity index (χ0v) is 19.2. The number of aliphatic carboxylic acids is 1. The number of carbonyl (C=O) groups excluding carboxylic acids is 2. The molecule has 1 fully saturated rings. The summed E-state index contributed by atoms with van der Waals surface area (Å²) in [4.78, 5) is 37.7. The Balaban J connectivity index is 1.59. The van der Waals surface area contributed by atoms with Gasteiger partial charge in [-0.2, -0.15) is 0 Å². The third kappa shape index (κ3) is 6.37. The molecule has 2 aromatic carbocycles. The van der Waals surface area contributed by atoms with E-state index < -0.39 is 24.5 Å². The van der Waals surface area contributed by atoms with Crippen molar-refractivity contribution < 1.29 is 29.3 Å². The number of likely N-dealkylation sites (tertiary alicyclic amines) is 1. The fourth-order valence-electron chi connectivity index (χ4n) is 3.72. The van der Waals surface area contributed by atoms with Crippen LogP contribution in [-0.4, -0.2) is 64.7 Å². The number of nitrogens with zero attached hydrogens (tertiary/aromatic N) is 1. The Hall–Kier alpha value is -2.81. The summed E-state index contributed by atoms with van der Waals surface area (Å²) in [6.45, 7) is 0.390. The molecule has 3 N–H and O–H groups in total. The highest BCUT2D eigenvalue weighted by Crippen LogP contribution is 2.24. The van der Waals surface area contributed by atoms with Gasteiger partial charge in [0.1, 0.15) is 25.0 Å². The van der Waals surface area contributed by atoms with Crippen molar-refractivity contribution in [2.75, 3.05) is 19.8 Å². The van der Waals surface area contributed by atoms with Crippen molar-refractivity contribution in [1.82, 2.24) is 10.2 Å². The van der Waals surface area contributed by atoms with Gasteiger partial charge in [-0.15, -0.1) is 0 Å². The Kier molecular flexibility index (Phi) is 8.55. The van der Waals surface area contributed by atoms with E-state index in [1.165, 1.54) is 12.1 Å². The number of hydrogen-bond acceptors (Lipinski definition) is 5. The van der Waals surface area contributed by atoms with Gasteiger partial charge >= 0.3 is 5.97 Å². The average molecular weight is 495 g/mol. The fourth-order valence-corrected chi connectivity index (χ4v) is 4.29. The van der Waals surface area contributed by atoms with Gasteiger partial charge in [0.25, 0.3) is 5.91 Å². The molecule has 33 heavy (non-hydrogen) atoms. The SMILES string of the molecule is O=C(N[C@@H](Cc1ccc(OC[C@@H]2CCCN2C(=O)CO)cc1)C(=O)O)c1c(Cl)cccc1Cl. The number of carbonyl (C=O) groups is 3. The molecule has 2 amide bonds. The van der Waals surface area contributed by atoms with E-state index in [1.54, 1.807) is 35.2 Å². The maximum atomic E-state index is 12.5. The van der Waals surface area contributed by atoms with Gasteiger partial charge in [0.2, 0.25) is 5.91 Å². The first-order valence-corrected chi connectivity index (χ1v) is 11.2. The minimum Gasteiger partial charge on any atom is -0.491 e. The lowest BCUT2D eigenvalue weighted by molar-refractivity contribution is -0.139. The first kappa shape index (κ1) is 24.8. The number of aliphatic hydroxyl groups excluding tert-OH is 1. The van der Waals surface area contributed by atoms with Crippen LogP contribution in [0.3, 0.4) is 0 Å². The van der Waals surface area contributed by atoms with Crippen LogP contribution in [0.2, 0.25) is 10.0 Å². The molecule has 1 heterocycles. The number of amides is 2. The fraction of sp³-hybridized carbons (Fsp3) is 0.348. The molecule has 3 rings (SSSR count). The summed E-state index contributed by atoms with van der Waals surface area (Å²) in [6, 6.07) is 10.1. The zero-order chi connectivity index (χ0) is 24.0. The summed E-state index contributed by atoms with van der Waals surface area (Å²) >= 11 is 12.1. The van der Waals surface area contributed by atoms with Gasteiger partial charge in [-0.3, -0.25) is 9.59 Å². The molecule has 10 heteroatoms. The maximum Gasteiger partial charge on any atom is 0.326 e. The number of carboxylic acid groups (broad SMARTS) is 1. The molecule has 1 aliphatic rings. The summed E-state index contributed by atoms with van der Waals surface area (Å²) < 4.78 is 5.78. The molecule has 2 aromatic rings. The lowest BCUT2D eigenvalue weighted by atomic mass is 10.1. The van der Waals surface area contributed by atoms with Crippen LogP contribution in [0.4, 0.5) is 0 Å². The van der Waals surface area contributed by atoms with Gasteiger partial charge in [-0.25, -0.2) is 4.79 Å². The van der Waals surface area contributed by atoms with Gasteiger partial charge < -0.3 is 25.2 Å². The summed E-state index contributed by atoms with van der Waals surface area (Å²) in [5, 5.41) is 21.4. The molecule has 1 saturated heterocycles. The monoisotopic (exact) mass is 494 g/mol. The van der Waals surface area contributed by atoms with Crippen molar-refractivity contribution in [3.05, 3.63) is 63.6 Å². The van der Waals surface area contributed by atoms with Crippen LogP contribution in [-0.2, 0) is 16.0 Å². The van der Waals surface area contributed by atoms with E-state index in [1.807, 2.05) is 0 Å². The summed E-state index contributed by atoms with van der Waals surface area (Å²) in [7, 11) is 0. The molecule has 0 bridgehead atoms. The van der Waals surface area contributed by atoms with E-state index in [-0.39, 0.29) is 34.0 Å². The molecule has 2 atom stereocenters. The zero-order valence-electron chi connectivity index (χ0n) is 17.7. The highest BCUT2D eigenvalue weighted by atomic mass is 35.5. The summed E-state index contributed by atoms with van der Waals surface area (Å²) in [6.07, 6.45) is 1.71. The van der Waals surface area contributed by atoms with Gasteiger partial charge in [-0.05, 0) is 42.7 Å². The van der Waals surface area contributed by atoms with Crippen LogP contribution >= 0.6 is 23.2 Å². The topological polar surface area (TPSA) is 116 Å². The van der Waals surface area contributed by atoms with Crippen molar-refractivity contribution in [2.45, 2.75) is 31.3 Å². The van der Waals surface area contributed by atoms with Crippen LogP contribution in [0.25, 0.3) is 0 Å². The summed E-state index contributed by atoms with van der Waals surface area (Å²) in [5.74, 6) is -1.60. The van der Waals surface area contributed by atoms with Crippen molar-refractivity contribution in [1.29, 1.82) is 0 Å². The van der Waals surface area contributed by atoms with E-state index in [9.17, 15) is 19.5 Å². The minimum absolute atomic E-state index is 0.0245. The van der Waals surface area contributed by atoms with Crippen LogP contribution in [0.5, 0.6) is 5.75 Å². The number of rotatable bonds is 9. The molecule has 8 nitrogen and oxygen atoms in total. The second kappa shape index (κ2) is 11.4. The smallest absolute Gasteiger partial charge is 0.326 e. The molecule has 0 spiro atoms. The highest BCUT2D eigenvalue weighted by Gasteiger charge is 2.28. The molecular weight excluding hydrogens is 471 g/mol. The summed E-state index contributed by atoms with van der Waals surface area (Å²) in [5.41, 5.74) is 0.703. The average Bonchev–Trinajstić information content (AvgIpc) is 3.26. The van der Waals surface area contributed by atoms with E-state index in [4.69, 9.17) is 33.0 Å². The number of nitrogens with one attached hydrogen (secondary N) is 1. The Morgan fingerprint density at radius 2 is 1.79 bits per heavy atom.